The molecule has 0 spiro atoms. The van der Waals surface area contributed by atoms with Crippen LogP contribution in [0.2, 0.25) is 0 Å². The second-order valence-electron chi connectivity index (χ2n) is 4.27. The third kappa shape index (κ3) is 3.27. The minimum atomic E-state index is -0.167. The number of likely N-dealkylation sites (tertiary alicyclic amines) is 1. The molecule has 2 N–H and O–H groups in total. The molecule has 0 saturated carbocycles. The van der Waals surface area contributed by atoms with Crippen molar-refractivity contribution in [2.75, 3.05) is 26.3 Å². The van der Waals surface area contributed by atoms with Gasteiger partial charge < -0.3 is 15.4 Å². The largest absolute Gasteiger partial charge is 0.381 e. The van der Waals surface area contributed by atoms with Crippen LogP contribution in [0.3, 0.4) is 0 Å². The fourth-order valence-corrected chi connectivity index (χ4v) is 1.57. The van der Waals surface area contributed by atoms with Crippen LogP contribution >= 0.6 is 0 Å². The first-order valence-corrected chi connectivity index (χ1v) is 5.19. The van der Waals surface area contributed by atoms with Gasteiger partial charge in [-0.3, -0.25) is 4.79 Å². The number of amides is 1. The van der Waals surface area contributed by atoms with E-state index >= 15 is 0 Å². The highest BCUT2D eigenvalue weighted by atomic mass is 16.5. The van der Waals surface area contributed by atoms with E-state index in [1.165, 1.54) is 0 Å². The summed E-state index contributed by atoms with van der Waals surface area (Å²) in [6.07, 6.45) is 1.48. The van der Waals surface area contributed by atoms with E-state index in [4.69, 9.17) is 10.5 Å². The van der Waals surface area contributed by atoms with E-state index in [1.807, 2.05) is 6.92 Å². The van der Waals surface area contributed by atoms with Crippen molar-refractivity contribution in [2.24, 2.45) is 5.73 Å². The number of carbonyl (C=O) groups is 1. The number of carbonyl (C=O) groups excluding carboxylic acids is 1. The van der Waals surface area contributed by atoms with Gasteiger partial charge in [-0.15, -0.1) is 0 Å². The Balaban J connectivity index is 2.06. The Hall–Kier alpha value is -0.610. The molecular weight excluding hydrogens is 180 g/mol. The maximum atomic E-state index is 11.5. The van der Waals surface area contributed by atoms with Gasteiger partial charge in [-0.25, -0.2) is 0 Å². The van der Waals surface area contributed by atoms with Crippen LogP contribution in [0.25, 0.3) is 0 Å². The van der Waals surface area contributed by atoms with Crippen molar-refractivity contribution in [1.82, 2.24) is 4.90 Å². The molecule has 0 atom stereocenters. The summed E-state index contributed by atoms with van der Waals surface area (Å²) in [6.45, 7) is 6.65. The van der Waals surface area contributed by atoms with Crippen molar-refractivity contribution in [3.63, 3.8) is 0 Å². The fraction of sp³-hybridized carbons (Fsp3) is 0.900. The molecule has 1 aliphatic heterocycles. The number of nitrogens with zero attached hydrogens (tertiary/aromatic N) is 1. The zero-order chi connectivity index (χ0) is 10.6. The van der Waals surface area contributed by atoms with Crippen LogP contribution in [0, 0.1) is 0 Å². The minimum absolute atomic E-state index is 0.157. The third-order valence-electron chi connectivity index (χ3n) is 2.27. The second kappa shape index (κ2) is 4.75. The van der Waals surface area contributed by atoms with Crippen LogP contribution in [0.5, 0.6) is 0 Å². The molecule has 1 heterocycles. The van der Waals surface area contributed by atoms with Crippen LogP contribution in [0.1, 0.15) is 26.7 Å². The van der Waals surface area contributed by atoms with E-state index < -0.39 is 0 Å². The molecule has 0 aromatic heterocycles. The Bertz CT molecular complexity index is 196. The third-order valence-corrected chi connectivity index (χ3v) is 2.27. The maximum absolute atomic E-state index is 11.5. The number of nitrogens with two attached hydrogens (primary N) is 1. The van der Waals surface area contributed by atoms with E-state index in [9.17, 15) is 4.79 Å². The predicted octanol–water partition coefficient (Wildman–Crippen LogP) is 0.363. The SMILES string of the molecule is CCCOCCC(=O)N1CC(C)(N)C1. The average molecular weight is 200 g/mol. The molecule has 1 fully saturated rings. The van der Waals surface area contributed by atoms with Gasteiger partial charge in [0.05, 0.1) is 13.0 Å². The van der Waals surface area contributed by atoms with E-state index in [2.05, 4.69) is 6.92 Å². The molecule has 0 radical (unpaired) electrons. The zero-order valence-electron chi connectivity index (χ0n) is 9.08. The smallest absolute Gasteiger partial charge is 0.225 e. The van der Waals surface area contributed by atoms with E-state index in [1.54, 1.807) is 4.90 Å². The van der Waals surface area contributed by atoms with Crippen LogP contribution in [-0.2, 0) is 9.53 Å². The van der Waals surface area contributed by atoms with Crippen LogP contribution in [0.15, 0.2) is 0 Å². The lowest BCUT2D eigenvalue weighted by atomic mass is 9.93. The molecule has 1 aliphatic rings. The van der Waals surface area contributed by atoms with Crippen molar-refractivity contribution >= 4 is 5.91 Å². The molecule has 1 rings (SSSR count). The van der Waals surface area contributed by atoms with Gasteiger partial charge in [0.15, 0.2) is 0 Å². The van der Waals surface area contributed by atoms with Crippen molar-refractivity contribution in [3.8, 4) is 0 Å². The van der Waals surface area contributed by atoms with E-state index in [0.29, 0.717) is 26.1 Å². The van der Waals surface area contributed by atoms with E-state index in [-0.39, 0.29) is 11.4 Å². The number of rotatable bonds is 5. The lowest BCUT2D eigenvalue weighted by molar-refractivity contribution is -0.139. The Labute approximate surface area is 85.4 Å². The van der Waals surface area contributed by atoms with Crippen molar-refractivity contribution < 1.29 is 9.53 Å². The van der Waals surface area contributed by atoms with Gasteiger partial charge in [0.25, 0.3) is 0 Å². The van der Waals surface area contributed by atoms with Crippen molar-refractivity contribution in [2.45, 2.75) is 32.2 Å². The summed E-state index contributed by atoms with van der Waals surface area (Å²) >= 11 is 0. The first-order chi connectivity index (χ1) is 6.55. The molecule has 0 bridgehead atoms. The number of hydrogen-bond acceptors (Lipinski definition) is 3. The maximum Gasteiger partial charge on any atom is 0.225 e. The van der Waals surface area contributed by atoms with Crippen molar-refractivity contribution in [3.05, 3.63) is 0 Å². The van der Waals surface area contributed by atoms with Crippen molar-refractivity contribution in [1.29, 1.82) is 0 Å². The highest BCUT2D eigenvalue weighted by Crippen LogP contribution is 2.17. The molecular formula is C10H20N2O2. The lowest BCUT2D eigenvalue weighted by Gasteiger charge is -2.45. The van der Waals surface area contributed by atoms with E-state index in [0.717, 1.165) is 13.0 Å². The number of hydrogen-bond donors (Lipinski definition) is 1. The monoisotopic (exact) mass is 200 g/mol. The zero-order valence-corrected chi connectivity index (χ0v) is 9.08. The van der Waals surface area contributed by atoms with Gasteiger partial charge >= 0.3 is 0 Å². The fourth-order valence-electron chi connectivity index (χ4n) is 1.57. The topological polar surface area (TPSA) is 55.6 Å². The summed E-state index contributed by atoms with van der Waals surface area (Å²) < 4.78 is 5.25. The average Bonchev–Trinajstić information content (AvgIpc) is 2.08. The first kappa shape index (κ1) is 11.5. The molecule has 0 aromatic carbocycles. The quantitative estimate of drug-likeness (QED) is 0.652. The summed E-state index contributed by atoms with van der Waals surface area (Å²) in [5, 5.41) is 0. The van der Waals surface area contributed by atoms with Gasteiger partial charge in [-0.1, -0.05) is 6.92 Å². The molecule has 1 saturated heterocycles. The molecule has 0 aromatic rings. The summed E-state index contributed by atoms with van der Waals surface area (Å²) in [4.78, 5) is 13.3. The van der Waals surface area contributed by atoms with Crippen LogP contribution < -0.4 is 5.73 Å². The molecule has 1 amide bonds. The van der Waals surface area contributed by atoms with Crippen LogP contribution in [0.4, 0.5) is 0 Å². The Morgan fingerprint density at radius 2 is 2.14 bits per heavy atom. The minimum Gasteiger partial charge on any atom is -0.381 e. The van der Waals surface area contributed by atoms with Crippen LogP contribution in [-0.4, -0.2) is 42.6 Å². The molecule has 82 valence electrons. The van der Waals surface area contributed by atoms with Gasteiger partial charge in [0, 0.05) is 25.2 Å². The molecule has 4 nitrogen and oxygen atoms in total. The molecule has 14 heavy (non-hydrogen) atoms. The molecule has 4 heteroatoms. The Morgan fingerprint density at radius 1 is 1.50 bits per heavy atom. The molecule has 0 unspecified atom stereocenters. The van der Waals surface area contributed by atoms with Gasteiger partial charge in [-0.05, 0) is 13.3 Å². The van der Waals surface area contributed by atoms with Gasteiger partial charge in [0.1, 0.15) is 0 Å². The highest BCUT2D eigenvalue weighted by molar-refractivity contribution is 5.77. The second-order valence-corrected chi connectivity index (χ2v) is 4.27. The number of ether oxygens (including phenoxy) is 1. The Morgan fingerprint density at radius 3 is 2.64 bits per heavy atom. The normalized spacial score (nSPS) is 19.2. The Kier molecular flexibility index (Phi) is 3.89. The summed E-state index contributed by atoms with van der Waals surface area (Å²) in [5.74, 6) is 0.157. The summed E-state index contributed by atoms with van der Waals surface area (Å²) in [7, 11) is 0. The summed E-state index contributed by atoms with van der Waals surface area (Å²) in [6, 6.07) is 0. The molecule has 0 aliphatic carbocycles. The lowest BCUT2D eigenvalue weighted by Crippen LogP contribution is -2.66. The van der Waals surface area contributed by atoms with Gasteiger partial charge in [-0.2, -0.15) is 0 Å². The predicted molar refractivity (Wildman–Crippen MR) is 54.9 cm³/mol. The van der Waals surface area contributed by atoms with Gasteiger partial charge in [0.2, 0.25) is 5.91 Å². The standard InChI is InChI=1S/C10H20N2O2/c1-3-5-14-6-4-9(13)12-7-10(2,11)8-12/h3-8,11H2,1-2H3. The summed E-state index contributed by atoms with van der Waals surface area (Å²) in [5.41, 5.74) is 5.63. The highest BCUT2D eigenvalue weighted by Gasteiger charge is 2.37. The first-order valence-electron chi connectivity index (χ1n) is 5.19.